The molecule has 18 heavy (non-hydrogen) atoms. The summed E-state index contributed by atoms with van der Waals surface area (Å²) in [5, 5.41) is 0. The molecule has 1 unspecified atom stereocenters. The molecule has 0 aliphatic carbocycles. The monoisotopic (exact) mass is 253 g/mol. The van der Waals surface area contributed by atoms with Crippen molar-refractivity contribution in [3.05, 3.63) is 21.7 Å². The van der Waals surface area contributed by atoms with Gasteiger partial charge in [0, 0.05) is 7.11 Å². The van der Waals surface area contributed by atoms with E-state index in [9.17, 15) is 4.79 Å². The number of ether oxygens (including phenoxy) is 1. The van der Waals surface area contributed by atoms with E-state index in [1.807, 2.05) is 34.6 Å². The van der Waals surface area contributed by atoms with E-state index in [1.165, 1.54) is 0 Å². The maximum atomic E-state index is 12.0. The molecule has 0 radical (unpaired) electrons. The van der Waals surface area contributed by atoms with E-state index in [-0.39, 0.29) is 28.8 Å². The van der Waals surface area contributed by atoms with Crippen molar-refractivity contribution < 1.29 is 4.74 Å². The summed E-state index contributed by atoms with van der Waals surface area (Å²) in [6, 6.07) is 0. The molecule has 1 aromatic heterocycles. The Balaban J connectivity index is 3.33. The van der Waals surface area contributed by atoms with Crippen LogP contribution in [0.3, 0.4) is 0 Å². The van der Waals surface area contributed by atoms with E-state index >= 15 is 0 Å². The van der Waals surface area contributed by atoms with Gasteiger partial charge in [-0.1, -0.05) is 34.6 Å². The van der Waals surface area contributed by atoms with Gasteiger partial charge in [-0.3, -0.25) is 4.79 Å². The van der Waals surface area contributed by atoms with Gasteiger partial charge < -0.3 is 15.5 Å². The van der Waals surface area contributed by atoms with Crippen molar-refractivity contribution >= 4 is 5.82 Å². The molecule has 0 spiro atoms. The van der Waals surface area contributed by atoms with E-state index in [0.717, 1.165) is 0 Å². The number of hydrogen-bond acceptors (Lipinski definition) is 4. The van der Waals surface area contributed by atoms with Crippen molar-refractivity contribution in [3.63, 3.8) is 0 Å². The molecular weight excluding hydrogens is 230 g/mol. The third kappa shape index (κ3) is 2.90. The topological polar surface area (TPSA) is 81.0 Å². The van der Waals surface area contributed by atoms with Crippen LogP contribution in [0.4, 0.5) is 5.82 Å². The highest BCUT2D eigenvalue weighted by Crippen LogP contribution is 2.33. The van der Waals surface area contributed by atoms with Gasteiger partial charge in [-0.05, 0) is 11.3 Å². The van der Waals surface area contributed by atoms with E-state index in [4.69, 9.17) is 10.5 Å². The lowest BCUT2D eigenvalue weighted by Gasteiger charge is -2.28. The van der Waals surface area contributed by atoms with Gasteiger partial charge in [0.25, 0.3) is 5.56 Å². The molecule has 0 aliphatic rings. The van der Waals surface area contributed by atoms with Gasteiger partial charge in [-0.2, -0.15) is 0 Å². The lowest BCUT2D eigenvalue weighted by Crippen LogP contribution is -2.28. The van der Waals surface area contributed by atoms with Crippen LogP contribution in [0.1, 0.15) is 58.0 Å². The third-order valence-electron chi connectivity index (χ3n) is 2.85. The Labute approximate surface area is 108 Å². The quantitative estimate of drug-likeness (QED) is 0.865. The number of hydrogen-bond donors (Lipinski definition) is 2. The highest BCUT2D eigenvalue weighted by atomic mass is 16.5. The lowest BCUT2D eigenvalue weighted by molar-refractivity contribution is 0.00856. The molecule has 0 saturated heterocycles. The summed E-state index contributed by atoms with van der Waals surface area (Å²) in [7, 11) is 1.60. The van der Waals surface area contributed by atoms with E-state index in [2.05, 4.69) is 9.97 Å². The summed E-state index contributed by atoms with van der Waals surface area (Å²) >= 11 is 0. The maximum absolute atomic E-state index is 12.0. The van der Waals surface area contributed by atoms with Gasteiger partial charge in [0.2, 0.25) is 0 Å². The zero-order chi connectivity index (χ0) is 14.1. The summed E-state index contributed by atoms with van der Waals surface area (Å²) in [6.07, 6.45) is -0.297. The molecule has 0 amide bonds. The zero-order valence-electron chi connectivity index (χ0n) is 12.0. The molecule has 1 heterocycles. The zero-order valence-corrected chi connectivity index (χ0v) is 12.0. The highest BCUT2D eigenvalue weighted by Gasteiger charge is 2.29. The van der Waals surface area contributed by atoms with Gasteiger partial charge >= 0.3 is 0 Å². The van der Waals surface area contributed by atoms with Crippen LogP contribution in [0.25, 0.3) is 0 Å². The normalized spacial score (nSPS) is 13.9. The minimum atomic E-state index is -0.297. The van der Waals surface area contributed by atoms with Crippen molar-refractivity contribution in [2.75, 3.05) is 12.8 Å². The Bertz CT molecular complexity index is 472. The van der Waals surface area contributed by atoms with Gasteiger partial charge in [-0.25, -0.2) is 4.98 Å². The van der Waals surface area contributed by atoms with Gasteiger partial charge in [0.1, 0.15) is 17.7 Å². The minimum Gasteiger partial charge on any atom is -0.383 e. The van der Waals surface area contributed by atoms with Gasteiger partial charge in [-0.15, -0.1) is 0 Å². The van der Waals surface area contributed by atoms with Crippen molar-refractivity contribution in [1.29, 1.82) is 0 Å². The molecule has 0 aliphatic heterocycles. The number of anilines is 1. The van der Waals surface area contributed by atoms with Crippen LogP contribution >= 0.6 is 0 Å². The number of aromatic amines is 1. The van der Waals surface area contributed by atoms with Gasteiger partial charge in [0.15, 0.2) is 0 Å². The molecule has 0 fully saturated rings. The third-order valence-corrected chi connectivity index (χ3v) is 2.85. The van der Waals surface area contributed by atoms with Crippen LogP contribution in [0.15, 0.2) is 4.79 Å². The first-order valence-corrected chi connectivity index (χ1v) is 6.10. The second-order valence-corrected chi connectivity index (χ2v) is 5.89. The summed E-state index contributed by atoms with van der Waals surface area (Å²) in [5.74, 6) is 0.817. The number of methoxy groups -OCH3 is 1. The average Bonchev–Trinajstić information content (AvgIpc) is 2.13. The SMILES string of the molecule is COC(c1nc(N)c(C(C)C)c(=O)[nH]1)C(C)(C)C. The second kappa shape index (κ2) is 5.10. The van der Waals surface area contributed by atoms with Crippen LogP contribution < -0.4 is 11.3 Å². The van der Waals surface area contributed by atoms with Gasteiger partial charge in [0.05, 0.1) is 5.56 Å². The standard InChI is InChI=1S/C13H23N3O2/c1-7(2)8-10(14)15-11(16-12(8)17)9(18-6)13(3,4)5/h7,9H,1-6H3,(H3,14,15,16,17). The second-order valence-electron chi connectivity index (χ2n) is 5.89. The number of aromatic nitrogens is 2. The first-order chi connectivity index (χ1) is 8.18. The fourth-order valence-corrected chi connectivity index (χ4v) is 2.08. The largest absolute Gasteiger partial charge is 0.383 e. The van der Waals surface area contributed by atoms with Crippen molar-refractivity contribution in [2.24, 2.45) is 5.41 Å². The fourth-order valence-electron chi connectivity index (χ4n) is 2.08. The predicted octanol–water partition coefficient (Wildman–Crippen LogP) is 2.21. The molecule has 1 atom stereocenters. The lowest BCUT2D eigenvalue weighted by atomic mass is 9.88. The van der Waals surface area contributed by atoms with Crippen LogP contribution in [0.2, 0.25) is 0 Å². The molecular formula is C13H23N3O2. The molecule has 1 rings (SSSR count). The number of nitrogens with zero attached hydrogens (tertiary/aromatic N) is 1. The Morgan fingerprint density at radius 3 is 2.22 bits per heavy atom. The molecule has 0 saturated carbocycles. The van der Waals surface area contributed by atoms with E-state index in [0.29, 0.717) is 11.4 Å². The maximum Gasteiger partial charge on any atom is 0.256 e. The Morgan fingerprint density at radius 2 is 1.89 bits per heavy atom. The van der Waals surface area contributed by atoms with Crippen molar-refractivity contribution in [1.82, 2.24) is 9.97 Å². The molecule has 0 bridgehead atoms. The summed E-state index contributed by atoms with van der Waals surface area (Å²) < 4.78 is 5.42. The highest BCUT2D eigenvalue weighted by molar-refractivity contribution is 5.40. The van der Waals surface area contributed by atoms with Crippen molar-refractivity contribution in [3.8, 4) is 0 Å². The van der Waals surface area contributed by atoms with Crippen LogP contribution in [0, 0.1) is 5.41 Å². The predicted molar refractivity (Wildman–Crippen MR) is 72.6 cm³/mol. The average molecular weight is 253 g/mol. The van der Waals surface area contributed by atoms with Crippen LogP contribution in [0.5, 0.6) is 0 Å². The molecule has 5 heteroatoms. The Hall–Kier alpha value is -1.36. The molecule has 1 aromatic rings. The summed E-state index contributed by atoms with van der Waals surface area (Å²) in [4.78, 5) is 19.1. The number of rotatable bonds is 3. The number of H-pyrrole nitrogens is 1. The smallest absolute Gasteiger partial charge is 0.256 e. The molecule has 3 N–H and O–H groups in total. The molecule has 102 valence electrons. The Kier molecular flexibility index (Phi) is 4.16. The van der Waals surface area contributed by atoms with Crippen LogP contribution in [-0.4, -0.2) is 17.1 Å². The molecule has 0 aromatic carbocycles. The van der Waals surface area contributed by atoms with E-state index < -0.39 is 0 Å². The minimum absolute atomic E-state index is 0.0472. The number of nitrogen functional groups attached to an aromatic ring is 1. The van der Waals surface area contributed by atoms with E-state index in [1.54, 1.807) is 7.11 Å². The Morgan fingerprint density at radius 1 is 1.33 bits per heavy atom. The fraction of sp³-hybridized carbons (Fsp3) is 0.692. The summed E-state index contributed by atoms with van der Waals surface area (Å²) in [6.45, 7) is 9.90. The van der Waals surface area contributed by atoms with Crippen LogP contribution in [-0.2, 0) is 4.74 Å². The number of nitrogens with two attached hydrogens (primary N) is 1. The molecule has 5 nitrogen and oxygen atoms in total. The first-order valence-electron chi connectivity index (χ1n) is 6.10. The first kappa shape index (κ1) is 14.7. The number of nitrogens with one attached hydrogen (secondary N) is 1. The summed E-state index contributed by atoms with van der Waals surface area (Å²) in [5.41, 5.74) is 6.05. The van der Waals surface area contributed by atoms with Crippen molar-refractivity contribution in [2.45, 2.75) is 46.6 Å².